The number of carbonyl (C=O) groups is 2. The predicted octanol–water partition coefficient (Wildman–Crippen LogP) is 11.9. The summed E-state index contributed by atoms with van der Waals surface area (Å²) in [6.45, 7) is 5.86. The van der Waals surface area contributed by atoms with Crippen LogP contribution in [0.2, 0.25) is 0 Å². The van der Waals surface area contributed by atoms with Gasteiger partial charge < -0.3 is 20.1 Å². The van der Waals surface area contributed by atoms with E-state index in [1.807, 2.05) is 0 Å². The van der Waals surface area contributed by atoms with Gasteiger partial charge in [0.2, 0.25) is 11.8 Å². The molecule has 0 aromatic heterocycles. The number of rotatable bonds is 36. The highest BCUT2D eigenvalue weighted by atomic mass is 32.1. The molecule has 0 bridgehead atoms. The van der Waals surface area contributed by atoms with Crippen LogP contribution in [0.3, 0.4) is 0 Å². The van der Waals surface area contributed by atoms with Crippen LogP contribution in [0.15, 0.2) is 46.6 Å². The Labute approximate surface area is 395 Å². The second-order valence-electron chi connectivity index (χ2n) is 16.6. The van der Waals surface area contributed by atoms with E-state index < -0.39 is 11.1 Å². The minimum atomic E-state index is -1.25. The standard InChI is InChI=1S/C48H74N6O4S4/c1-47(37-49,21-19-45(55)51-23-15-11-7-3-5-9-13-17-25-57-43-29-39(33-59)27-40(30-43)34-60)53-54-48(2,38-50)22-20-46(56)52-24-16-12-8-4-6-10-14-18-26-58-44-31-41(35-61)28-42(32-44)36-62/h27-32,59-62H,3-26,33-36H2,1-2H3,(H,51,55)(H,52,56). The molecule has 0 aliphatic heterocycles. The highest BCUT2D eigenvalue weighted by molar-refractivity contribution is 7.79. The van der Waals surface area contributed by atoms with Crippen molar-refractivity contribution in [3.8, 4) is 23.6 Å². The zero-order valence-corrected chi connectivity index (χ0v) is 41.1. The fourth-order valence-electron chi connectivity index (χ4n) is 6.77. The van der Waals surface area contributed by atoms with Crippen LogP contribution in [0.4, 0.5) is 0 Å². The van der Waals surface area contributed by atoms with Crippen molar-refractivity contribution in [3.63, 3.8) is 0 Å². The molecule has 0 heterocycles. The number of nitrogens with zero attached hydrogens (tertiary/aromatic N) is 4. The van der Waals surface area contributed by atoms with Gasteiger partial charge in [0.1, 0.15) is 11.5 Å². The molecule has 344 valence electrons. The van der Waals surface area contributed by atoms with Crippen molar-refractivity contribution in [2.45, 2.75) is 176 Å². The topological polar surface area (TPSA) is 149 Å². The third kappa shape index (κ3) is 25.3. The van der Waals surface area contributed by atoms with E-state index in [1.54, 1.807) is 13.8 Å². The van der Waals surface area contributed by atoms with Crippen LogP contribution in [0.5, 0.6) is 11.5 Å². The van der Waals surface area contributed by atoms with Crippen LogP contribution in [0.25, 0.3) is 0 Å². The summed E-state index contributed by atoms with van der Waals surface area (Å²) >= 11 is 17.5. The molecule has 2 rings (SSSR count). The Balaban J connectivity index is 1.48. The molecule has 0 aliphatic rings. The van der Waals surface area contributed by atoms with Crippen LogP contribution >= 0.6 is 50.5 Å². The minimum Gasteiger partial charge on any atom is -0.494 e. The average Bonchev–Trinajstić information content (AvgIpc) is 3.29. The summed E-state index contributed by atoms with van der Waals surface area (Å²) in [5, 5.41) is 34.0. The van der Waals surface area contributed by atoms with E-state index in [1.165, 1.54) is 38.5 Å². The van der Waals surface area contributed by atoms with Crippen LogP contribution in [0.1, 0.15) is 165 Å². The fraction of sp³-hybridized carbons (Fsp3) is 0.667. The number of unbranched alkanes of at least 4 members (excludes halogenated alkanes) is 14. The summed E-state index contributed by atoms with van der Waals surface area (Å²) in [4.78, 5) is 25.1. The largest absolute Gasteiger partial charge is 0.494 e. The molecular formula is C48H74N6O4S4. The lowest BCUT2D eigenvalue weighted by atomic mass is 9.97. The molecule has 0 fully saturated rings. The van der Waals surface area contributed by atoms with Crippen LogP contribution < -0.4 is 20.1 Å². The Bertz CT molecular complexity index is 1540. The van der Waals surface area contributed by atoms with Crippen molar-refractivity contribution < 1.29 is 19.1 Å². The number of carbonyl (C=O) groups excluding carboxylic acids is 2. The van der Waals surface area contributed by atoms with Gasteiger partial charge in [0.15, 0.2) is 11.1 Å². The number of thiol groups is 4. The third-order valence-electron chi connectivity index (χ3n) is 10.8. The molecule has 62 heavy (non-hydrogen) atoms. The third-order valence-corrected chi connectivity index (χ3v) is 12.2. The second-order valence-corrected chi connectivity index (χ2v) is 17.9. The number of nitriles is 2. The van der Waals surface area contributed by atoms with Gasteiger partial charge in [-0.3, -0.25) is 9.59 Å². The van der Waals surface area contributed by atoms with Crippen molar-refractivity contribution >= 4 is 62.3 Å². The molecule has 0 saturated carbocycles. The van der Waals surface area contributed by atoms with Gasteiger partial charge in [-0.2, -0.15) is 71.3 Å². The first kappa shape index (κ1) is 55.1. The Morgan fingerprint density at radius 1 is 0.516 bits per heavy atom. The number of nitrogens with one attached hydrogen (secondary N) is 2. The molecule has 2 unspecified atom stereocenters. The lowest BCUT2D eigenvalue weighted by Crippen LogP contribution is -2.30. The lowest BCUT2D eigenvalue weighted by Gasteiger charge is -2.19. The second kappa shape index (κ2) is 33.5. The number of hydrogen-bond donors (Lipinski definition) is 6. The number of ether oxygens (including phenoxy) is 2. The van der Waals surface area contributed by atoms with Crippen molar-refractivity contribution in [3.05, 3.63) is 58.7 Å². The predicted molar refractivity (Wildman–Crippen MR) is 266 cm³/mol. The summed E-state index contributed by atoms with van der Waals surface area (Å²) in [7, 11) is 0. The van der Waals surface area contributed by atoms with Gasteiger partial charge in [-0.05, 0) is 98.9 Å². The van der Waals surface area contributed by atoms with Crippen molar-refractivity contribution in [2.75, 3.05) is 26.3 Å². The Hall–Kier alpha value is -3.04. The number of azo groups is 1. The quantitative estimate of drug-likeness (QED) is 0.0228. The maximum atomic E-state index is 12.5. The highest BCUT2D eigenvalue weighted by Gasteiger charge is 2.29. The molecule has 0 saturated heterocycles. The molecule has 2 amide bonds. The SMILES string of the molecule is CC(C#N)(CCC(=O)NCCCCCCCCCCOc1cc(CS)cc(CS)c1)N=NC(C)(C#N)CCC(=O)NCCCCCCCCCCOc1cc(CS)cc(CS)c1. The molecule has 2 aromatic rings. The molecule has 2 aromatic carbocycles. The van der Waals surface area contributed by atoms with Crippen LogP contribution in [0, 0.1) is 22.7 Å². The lowest BCUT2D eigenvalue weighted by molar-refractivity contribution is -0.122. The van der Waals surface area contributed by atoms with E-state index in [0.717, 1.165) is 98.0 Å². The monoisotopic (exact) mass is 926 g/mol. The van der Waals surface area contributed by atoms with Crippen molar-refractivity contribution in [1.82, 2.24) is 10.6 Å². The number of hydrogen-bond acceptors (Lipinski definition) is 12. The molecule has 0 radical (unpaired) electrons. The molecule has 2 atom stereocenters. The maximum Gasteiger partial charge on any atom is 0.220 e. The normalized spacial score (nSPS) is 13.2. The average molecular weight is 927 g/mol. The Kier molecular flexibility index (Phi) is 29.7. The summed E-state index contributed by atoms with van der Waals surface area (Å²) in [5.74, 6) is 4.28. The summed E-state index contributed by atoms with van der Waals surface area (Å²) in [5.41, 5.74) is 2.10. The fourth-order valence-corrected chi connectivity index (χ4v) is 7.50. The number of amides is 2. The van der Waals surface area contributed by atoms with Gasteiger partial charge in [0.25, 0.3) is 0 Å². The maximum absolute atomic E-state index is 12.5. The molecule has 14 heteroatoms. The highest BCUT2D eigenvalue weighted by Crippen LogP contribution is 2.25. The molecular weight excluding hydrogens is 853 g/mol. The van der Waals surface area contributed by atoms with E-state index >= 15 is 0 Å². The van der Waals surface area contributed by atoms with Crippen molar-refractivity contribution in [1.29, 1.82) is 10.5 Å². The minimum absolute atomic E-state index is 0.129. The van der Waals surface area contributed by atoms with E-state index in [0.29, 0.717) is 49.3 Å². The van der Waals surface area contributed by atoms with Crippen LogP contribution in [-0.2, 0) is 32.6 Å². The first-order valence-corrected chi connectivity index (χ1v) is 25.3. The molecule has 0 aliphatic carbocycles. The van der Waals surface area contributed by atoms with Gasteiger partial charge in [0.05, 0.1) is 25.4 Å². The van der Waals surface area contributed by atoms with E-state index in [2.05, 4.69) is 120 Å². The van der Waals surface area contributed by atoms with E-state index in [9.17, 15) is 20.1 Å². The van der Waals surface area contributed by atoms with Gasteiger partial charge in [0, 0.05) is 48.9 Å². The Morgan fingerprint density at radius 2 is 0.806 bits per heavy atom. The van der Waals surface area contributed by atoms with Gasteiger partial charge in [-0.25, -0.2) is 0 Å². The summed E-state index contributed by atoms with van der Waals surface area (Å²) in [6, 6.07) is 16.7. The molecule has 0 spiro atoms. The first-order valence-electron chi connectivity index (χ1n) is 22.8. The van der Waals surface area contributed by atoms with Gasteiger partial charge in [-0.15, -0.1) is 0 Å². The zero-order valence-electron chi connectivity index (χ0n) is 37.5. The summed E-state index contributed by atoms with van der Waals surface area (Å²) in [6.07, 6.45) is 18.3. The van der Waals surface area contributed by atoms with Crippen molar-refractivity contribution in [2.24, 2.45) is 10.2 Å². The number of benzene rings is 2. The first-order chi connectivity index (χ1) is 30.0. The van der Waals surface area contributed by atoms with Crippen LogP contribution in [-0.4, -0.2) is 49.2 Å². The zero-order chi connectivity index (χ0) is 45.3. The molecule has 10 nitrogen and oxygen atoms in total. The molecule has 2 N–H and O–H groups in total. The summed E-state index contributed by atoms with van der Waals surface area (Å²) < 4.78 is 11.9. The van der Waals surface area contributed by atoms with E-state index in [4.69, 9.17) is 9.47 Å². The van der Waals surface area contributed by atoms with E-state index in [-0.39, 0.29) is 37.5 Å². The van der Waals surface area contributed by atoms with Gasteiger partial charge in [-0.1, -0.05) is 89.2 Å². The smallest absolute Gasteiger partial charge is 0.220 e. The van der Waals surface area contributed by atoms with Gasteiger partial charge >= 0.3 is 0 Å². The Morgan fingerprint density at radius 3 is 1.10 bits per heavy atom.